The van der Waals surface area contributed by atoms with Crippen molar-refractivity contribution in [1.29, 1.82) is 0 Å². The lowest BCUT2D eigenvalue weighted by Crippen LogP contribution is -2.03. The average Bonchev–Trinajstić information content (AvgIpc) is 2.43. The van der Waals surface area contributed by atoms with Crippen molar-refractivity contribution in [2.45, 2.75) is 5.16 Å². The van der Waals surface area contributed by atoms with Crippen LogP contribution in [0.3, 0.4) is 0 Å². The number of carbonyl (C=O) groups is 1. The number of methoxy groups -OCH3 is 3. The Kier molecular flexibility index (Phi) is 5.25. The summed E-state index contributed by atoms with van der Waals surface area (Å²) in [5.41, 5.74) is 0. The first kappa shape index (κ1) is 14.1. The lowest BCUT2D eigenvalue weighted by Gasteiger charge is -2.06. The van der Waals surface area contributed by atoms with Crippen LogP contribution in [0.4, 0.5) is 0 Å². The van der Waals surface area contributed by atoms with Gasteiger partial charge in [-0.05, 0) is 11.8 Å². The van der Waals surface area contributed by atoms with Gasteiger partial charge in [-0.15, -0.1) is 0 Å². The predicted molar refractivity (Wildman–Crippen MR) is 63.7 cm³/mol. The maximum atomic E-state index is 11.3. The van der Waals surface area contributed by atoms with Crippen LogP contribution in [-0.2, 0) is 9.53 Å². The molecule has 7 nitrogen and oxygen atoms in total. The zero-order valence-corrected chi connectivity index (χ0v) is 10.9. The molecule has 1 N–H and O–H groups in total. The van der Waals surface area contributed by atoms with E-state index in [-0.39, 0.29) is 21.8 Å². The summed E-state index contributed by atoms with van der Waals surface area (Å²) >= 11 is 0.835. The van der Waals surface area contributed by atoms with Crippen molar-refractivity contribution in [3.8, 4) is 11.8 Å². The van der Waals surface area contributed by atoms with Gasteiger partial charge in [-0.3, -0.25) is 0 Å². The molecule has 0 fully saturated rings. The number of hydrogen-bond donors (Lipinski definition) is 1. The van der Waals surface area contributed by atoms with E-state index in [9.17, 15) is 4.79 Å². The molecular formula is C10H12N2O5S. The highest BCUT2D eigenvalue weighted by Gasteiger charge is 2.15. The number of aliphatic hydroxyl groups is 1. The Morgan fingerprint density at radius 1 is 1.28 bits per heavy atom. The van der Waals surface area contributed by atoms with Crippen LogP contribution in [0.2, 0.25) is 0 Å². The van der Waals surface area contributed by atoms with E-state index in [1.165, 1.54) is 27.4 Å². The zero-order valence-electron chi connectivity index (χ0n) is 10.0. The predicted octanol–water partition coefficient (Wildman–Crippen LogP) is 1.16. The van der Waals surface area contributed by atoms with E-state index >= 15 is 0 Å². The van der Waals surface area contributed by atoms with E-state index in [0.717, 1.165) is 11.8 Å². The summed E-state index contributed by atoms with van der Waals surface area (Å²) in [6.45, 7) is 0. The van der Waals surface area contributed by atoms with Crippen molar-refractivity contribution in [3.05, 3.63) is 17.2 Å². The fourth-order valence-electron chi connectivity index (χ4n) is 0.958. The van der Waals surface area contributed by atoms with E-state index in [4.69, 9.17) is 14.6 Å². The number of aliphatic hydroxyl groups excluding tert-OH is 1. The summed E-state index contributed by atoms with van der Waals surface area (Å²) < 4.78 is 14.4. The van der Waals surface area contributed by atoms with Crippen LogP contribution in [0.1, 0.15) is 0 Å². The Hall–Kier alpha value is -1.96. The Morgan fingerprint density at radius 2 is 1.83 bits per heavy atom. The zero-order chi connectivity index (χ0) is 13.5. The lowest BCUT2D eigenvalue weighted by atomic mass is 10.6. The van der Waals surface area contributed by atoms with Crippen LogP contribution in [0, 0.1) is 0 Å². The maximum Gasteiger partial charge on any atom is 0.347 e. The molecule has 0 radical (unpaired) electrons. The van der Waals surface area contributed by atoms with Crippen LogP contribution in [-0.4, -0.2) is 42.4 Å². The summed E-state index contributed by atoms with van der Waals surface area (Å²) in [4.78, 5) is 19.2. The van der Waals surface area contributed by atoms with E-state index in [1.54, 1.807) is 0 Å². The Balaban J connectivity index is 2.99. The summed E-state index contributed by atoms with van der Waals surface area (Å²) in [7, 11) is 4.10. The molecule has 1 aromatic rings. The topological polar surface area (TPSA) is 90.8 Å². The largest absolute Gasteiger partial charge is 0.514 e. The summed E-state index contributed by atoms with van der Waals surface area (Å²) in [6.07, 6.45) is 0.631. The van der Waals surface area contributed by atoms with Gasteiger partial charge in [0.1, 0.15) is 11.2 Å². The second-order valence-electron chi connectivity index (χ2n) is 2.82. The number of aromatic nitrogens is 2. The fraction of sp³-hybridized carbons (Fsp3) is 0.300. The van der Waals surface area contributed by atoms with Gasteiger partial charge < -0.3 is 19.3 Å². The molecule has 0 spiro atoms. The van der Waals surface area contributed by atoms with Gasteiger partial charge in [-0.1, -0.05) is 0 Å². The van der Waals surface area contributed by atoms with E-state index in [1.807, 2.05) is 0 Å². The molecule has 0 aliphatic carbocycles. The van der Waals surface area contributed by atoms with Crippen LogP contribution < -0.4 is 9.47 Å². The van der Waals surface area contributed by atoms with Crippen molar-refractivity contribution in [1.82, 2.24) is 9.97 Å². The molecule has 0 aromatic carbocycles. The summed E-state index contributed by atoms with van der Waals surface area (Å²) in [6, 6.07) is 1.49. The van der Waals surface area contributed by atoms with Crippen molar-refractivity contribution in [3.63, 3.8) is 0 Å². The number of carbonyl (C=O) groups excluding carboxylic acids is 1. The van der Waals surface area contributed by atoms with Crippen molar-refractivity contribution >= 4 is 17.7 Å². The number of esters is 1. The molecular weight excluding hydrogens is 260 g/mol. The van der Waals surface area contributed by atoms with Gasteiger partial charge in [-0.2, -0.15) is 9.97 Å². The number of hydrogen-bond acceptors (Lipinski definition) is 8. The smallest absolute Gasteiger partial charge is 0.347 e. The quantitative estimate of drug-likeness (QED) is 0.281. The Labute approximate surface area is 108 Å². The van der Waals surface area contributed by atoms with Crippen molar-refractivity contribution < 1.29 is 24.1 Å². The highest BCUT2D eigenvalue weighted by Crippen LogP contribution is 2.27. The minimum Gasteiger partial charge on any atom is -0.514 e. The highest BCUT2D eigenvalue weighted by molar-refractivity contribution is 8.03. The SMILES string of the molecule is COC(=O)C(=CO)Sc1nc(OC)cc(OC)n1. The molecule has 0 atom stereocenters. The molecule has 0 bridgehead atoms. The third-order valence-electron chi connectivity index (χ3n) is 1.78. The monoisotopic (exact) mass is 272 g/mol. The first-order valence-corrected chi connectivity index (χ1v) is 5.53. The Morgan fingerprint density at radius 3 is 2.22 bits per heavy atom. The highest BCUT2D eigenvalue weighted by atomic mass is 32.2. The van der Waals surface area contributed by atoms with Gasteiger partial charge in [0.2, 0.25) is 11.8 Å². The molecule has 18 heavy (non-hydrogen) atoms. The minimum atomic E-state index is -0.687. The molecule has 8 heteroatoms. The molecule has 1 aromatic heterocycles. The normalized spacial score (nSPS) is 10.9. The minimum absolute atomic E-state index is 0.0483. The number of nitrogens with zero attached hydrogens (tertiary/aromatic N) is 2. The molecule has 0 aliphatic rings. The summed E-state index contributed by atoms with van der Waals surface area (Å²) in [5, 5.41) is 9.13. The van der Waals surface area contributed by atoms with Crippen LogP contribution in [0.5, 0.6) is 11.8 Å². The van der Waals surface area contributed by atoms with Gasteiger partial charge in [0.05, 0.1) is 27.4 Å². The molecule has 0 saturated carbocycles. The van der Waals surface area contributed by atoms with E-state index in [0.29, 0.717) is 6.26 Å². The third kappa shape index (κ3) is 3.52. The number of rotatable bonds is 5. The fourth-order valence-corrected chi connectivity index (χ4v) is 1.65. The maximum absolute atomic E-state index is 11.3. The van der Waals surface area contributed by atoms with E-state index < -0.39 is 5.97 Å². The second-order valence-corrected chi connectivity index (χ2v) is 3.83. The van der Waals surface area contributed by atoms with Crippen LogP contribution >= 0.6 is 11.8 Å². The standard InChI is InChI=1S/C10H12N2O5S/c1-15-7-4-8(16-2)12-10(11-7)18-6(5-13)9(14)17-3/h4-5,13H,1-3H3. The molecule has 1 rings (SSSR count). The van der Waals surface area contributed by atoms with Crippen molar-refractivity contribution in [2.75, 3.05) is 21.3 Å². The van der Waals surface area contributed by atoms with Crippen molar-refractivity contribution in [2.24, 2.45) is 0 Å². The molecule has 0 amide bonds. The average molecular weight is 272 g/mol. The number of ether oxygens (including phenoxy) is 3. The van der Waals surface area contributed by atoms with E-state index in [2.05, 4.69) is 14.7 Å². The lowest BCUT2D eigenvalue weighted by molar-refractivity contribution is -0.135. The first-order valence-electron chi connectivity index (χ1n) is 4.72. The van der Waals surface area contributed by atoms with Gasteiger partial charge in [0.25, 0.3) is 0 Å². The van der Waals surface area contributed by atoms with Crippen LogP contribution in [0.15, 0.2) is 22.4 Å². The third-order valence-corrected chi connectivity index (χ3v) is 2.64. The first-order chi connectivity index (χ1) is 8.64. The van der Waals surface area contributed by atoms with Gasteiger partial charge in [-0.25, -0.2) is 4.79 Å². The van der Waals surface area contributed by atoms with Gasteiger partial charge in [0, 0.05) is 0 Å². The molecule has 1 heterocycles. The second kappa shape index (κ2) is 6.70. The molecule has 0 unspecified atom stereocenters. The van der Waals surface area contributed by atoms with Gasteiger partial charge >= 0.3 is 5.97 Å². The van der Waals surface area contributed by atoms with Crippen LogP contribution in [0.25, 0.3) is 0 Å². The molecule has 98 valence electrons. The van der Waals surface area contributed by atoms with Gasteiger partial charge in [0.15, 0.2) is 5.16 Å². The summed E-state index contributed by atoms with van der Waals surface area (Å²) in [5.74, 6) is -0.120. The number of thioether (sulfide) groups is 1. The molecule has 0 aliphatic heterocycles. The molecule has 0 saturated heterocycles. The Bertz CT molecular complexity index is 441.